The number of aromatic nitrogens is 1. The standard InChI is InChI=1S/C16H25N3O/c1-17-10-13-6-7-14(18-11-13)12-19-8-9-20-16-5-3-2-4-15(16)19/h6-7,11,15-17H,2-5,8-10,12H2,1H3. The number of ether oxygens (including phenoxy) is 1. The lowest BCUT2D eigenvalue weighted by Gasteiger charge is -2.43. The highest BCUT2D eigenvalue weighted by Crippen LogP contribution is 2.29. The van der Waals surface area contributed by atoms with Gasteiger partial charge in [-0.2, -0.15) is 0 Å². The average Bonchev–Trinajstić information content (AvgIpc) is 2.50. The van der Waals surface area contributed by atoms with Crippen molar-refractivity contribution in [2.24, 2.45) is 0 Å². The number of nitrogens with zero attached hydrogens (tertiary/aromatic N) is 2. The smallest absolute Gasteiger partial charge is 0.0731 e. The molecule has 0 bridgehead atoms. The van der Waals surface area contributed by atoms with E-state index in [-0.39, 0.29) is 0 Å². The summed E-state index contributed by atoms with van der Waals surface area (Å²) in [6.45, 7) is 3.76. The maximum Gasteiger partial charge on any atom is 0.0731 e. The van der Waals surface area contributed by atoms with Gasteiger partial charge in [-0.3, -0.25) is 9.88 Å². The van der Waals surface area contributed by atoms with Crippen molar-refractivity contribution in [3.63, 3.8) is 0 Å². The van der Waals surface area contributed by atoms with E-state index in [2.05, 4.69) is 27.3 Å². The summed E-state index contributed by atoms with van der Waals surface area (Å²) < 4.78 is 5.93. The van der Waals surface area contributed by atoms with Crippen LogP contribution in [0.1, 0.15) is 36.9 Å². The third kappa shape index (κ3) is 3.19. The van der Waals surface area contributed by atoms with Crippen LogP contribution in [0, 0.1) is 0 Å². The van der Waals surface area contributed by atoms with Crippen molar-refractivity contribution in [1.29, 1.82) is 0 Å². The maximum absolute atomic E-state index is 5.93. The second kappa shape index (κ2) is 6.66. The third-order valence-electron chi connectivity index (χ3n) is 4.48. The molecule has 2 unspecified atom stereocenters. The van der Waals surface area contributed by atoms with Gasteiger partial charge in [-0.25, -0.2) is 0 Å². The lowest BCUT2D eigenvalue weighted by Crippen LogP contribution is -2.52. The lowest BCUT2D eigenvalue weighted by molar-refractivity contribution is -0.0914. The van der Waals surface area contributed by atoms with Crippen LogP contribution >= 0.6 is 0 Å². The molecule has 4 heteroatoms. The highest BCUT2D eigenvalue weighted by Gasteiger charge is 2.34. The van der Waals surface area contributed by atoms with Crippen molar-refractivity contribution in [3.05, 3.63) is 29.6 Å². The van der Waals surface area contributed by atoms with Crippen molar-refractivity contribution < 1.29 is 4.74 Å². The first-order valence-corrected chi connectivity index (χ1v) is 7.81. The minimum absolute atomic E-state index is 0.459. The molecule has 2 atom stereocenters. The van der Waals surface area contributed by atoms with Crippen molar-refractivity contribution in [1.82, 2.24) is 15.2 Å². The molecule has 0 aromatic carbocycles. The summed E-state index contributed by atoms with van der Waals surface area (Å²) in [4.78, 5) is 7.18. The number of fused-ring (bicyclic) bond motifs is 1. The van der Waals surface area contributed by atoms with Gasteiger partial charge in [-0.1, -0.05) is 18.9 Å². The van der Waals surface area contributed by atoms with Gasteiger partial charge in [0.05, 0.1) is 18.4 Å². The molecule has 0 radical (unpaired) electrons. The molecule has 1 aromatic rings. The van der Waals surface area contributed by atoms with E-state index in [1.165, 1.54) is 36.9 Å². The summed E-state index contributed by atoms with van der Waals surface area (Å²) in [5, 5.41) is 3.16. The second-order valence-electron chi connectivity index (χ2n) is 5.92. The highest BCUT2D eigenvalue weighted by atomic mass is 16.5. The summed E-state index contributed by atoms with van der Waals surface area (Å²) in [6.07, 6.45) is 7.63. The lowest BCUT2D eigenvalue weighted by atomic mass is 9.90. The zero-order chi connectivity index (χ0) is 13.8. The van der Waals surface area contributed by atoms with E-state index >= 15 is 0 Å². The van der Waals surface area contributed by atoms with Gasteiger partial charge in [-0.05, 0) is 31.5 Å². The van der Waals surface area contributed by atoms with Crippen molar-refractivity contribution in [2.75, 3.05) is 20.2 Å². The van der Waals surface area contributed by atoms with Crippen LogP contribution in [0.2, 0.25) is 0 Å². The molecule has 1 aromatic heterocycles. The van der Waals surface area contributed by atoms with Gasteiger partial charge in [-0.15, -0.1) is 0 Å². The Labute approximate surface area is 121 Å². The van der Waals surface area contributed by atoms with Crippen LogP contribution in [0.3, 0.4) is 0 Å². The van der Waals surface area contributed by atoms with E-state index in [9.17, 15) is 0 Å². The van der Waals surface area contributed by atoms with Gasteiger partial charge in [0.15, 0.2) is 0 Å². The number of pyridine rings is 1. The largest absolute Gasteiger partial charge is 0.375 e. The fraction of sp³-hybridized carbons (Fsp3) is 0.688. The quantitative estimate of drug-likeness (QED) is 0.911. The minimum atomic E-state index is 0.459. The predicted octanol–water partition coefficient (Wildman–Crippen LogP) is 1.94. The molecule has 110 valence electrons. The van der Waals surface area contributed by atoms with Gasteiger partial charge >= 0.3 is 0 Å². The maximum atomic E-state index is 5.93. The first kappa shape index (κ1) is 14.0. The van der Waals surface area contributed by atoms with Gasteiger partial charge in [0.2, 0.25) is 0 Å². The molecule has 2 heterocycles. The average molecular weight is 275 g/mol. The highest BCUT2D eigenvalue weighted by molar-refractivity contribution is 5.14. The van der Waals surface area contributed by atoms with Crippen LogP contribution in [-0.2, 0) is 17.8 Å². The molecule has 1 aliphatic heterocycles. The zero-order valence-electron chi connectivity index (χ0n) is 12.3. The van der Waals surface area contributed by atoms with Gasteiger partial charge in [0.25, 0.3) is 0 Å². The predicted molar refractivity (Wildman–Crippen MR) is 79.4 cm³/mol. The first-order valence-electron chi connectivity index (χ1n) is 7.81. The Morgan fingerprint density at radius 2 is 2.25 bits per heavy atom. The fourth-order valence-electron chi connectivity index (χ4n) is 3.44. The molecule has 0 spiro atoms. The van der Waals surface area contributed by atoms with Gasteiger partial charge < -0.3 is 10.1 Å². The molecule has 2 aliphatic rings. The summed E-state index contributed by atoms with van der Waals surface area (Å²) in [5.41, 5.74) is 2.42. The number of hydrogen-bond donors (Lipinski definition) is 1. The number of rotatable bonds is 4. The van der Waals surface area contributed by atoms with E-state index in [0.29, 0.717) is 12.1 Å². The van der Waals surface area contributed by atoms with Crippen LogP contribution in [-0.4, -0.2) is 42.2 Å². The molecule has 0 amide bonds. The number of nitrogens with one attached hydrogen (secondary N) is 1. The van der Waals surface area contributed by atoms with Gasteiger partial charge in [0, 0.05) is 31.9 Å². The van der Waals surface area contributed by atoms with E-state index in [1.54, 1.807) is 0 Å². The Balaban J connectivity index is 1.63. The normalized spacial score (nSPS) is 27.2. The number of morpholine rings is 1. The fourth-order valence-corrected chi connectivity index (χ4v) is 3.44. The molecular formula is C16H25N3O. The minimum Gasteiger partial charge on any atom is -0.375 e. The van der Waals surface area contributed by atoms with E-state index in [0.717, 1.165) is 26.2 Å². The third-order valence-corrected chi connectivity index (χ3v) is 4.48. The summed E-state index contributed by atoms with van der Waals surface area (Å²) in [6, 6.07) is 4.95. The first-order chi connectivity index (χ1) is 9.86. The second-order valence-corrected chi connectivity index (χ2v) is 5.92. The van der Waals surface area contributed by atoms with E-state index in [1.807, 2.05) is 13.2 Å². The summed E-state index contributed by atoms with van der Waals surface area (Å²) in [5.74, 6) is 0. The van der Waals surface area contributed by atoms with Gasteiger partial charge in [0.1, 0.15) is 0 Å². The SMILES string of the molecule is CNCc1ccc(CN2CCOC3CCCCC32)nc1. The topological polar surface area (TPSA) is 37.4 Å². The van der Waals surface area contributed by atoms with E-state index < -0.39 is 0 Å². The Hall–Kier alpha value is -0.970. The molecule has 1 N–H and O–H groups in total. The molecule has 3 rings (SSSR count). The summed E-state index contributed by atoms with van der Waals surface area (Å²) >= 11 is 0. The Morgan fingerprint density at radius 1 is 1.35 bits per heavy atom. The molecule has 4 nitrogen and oxygen atoms in total. The van der Waals surface area contributed by atoms with Crippen molar-refractivity contribution >= 4 is 0 Å². The van der Waals surface area contributed by atoms with Crippen LogP contribution in [0.25, 0.3) is 0 Å². The molecule has 1 aliphatic carbocycles. The molecule has 1 saturated carbocycles. The monoisotopic (exact) mass is 275 g/mol. The van der Waals surface area contributed by atoms with Crippen molar-refractivity contribution in [3.8, 4) is 0 Å². The Morgan fingerprint density at radius 3 is 3.05 bits per heavy atom. The molecular weight excluding hydrogens is 250 g/mol. The molecule has 2 fully saturated rings. The Bertz CT molecular complexity index is 418. The summed E-state index contributed by atoms with van der Waals surface area (Å²) in [7, 11) is 1.96. The zero-order valence-corrected chi connectivity index (χ0v) is 12.3. The molecule has 20 heavy (non-hydrogen) atoms. The van der Waals surface area contributed by atoms with Crippen LogP contribution < -0.4 is 5.32 Å². The van der Waals surface area contributed by atoms with Crippen LogP contribution in [0.4, 0.5) is 0 Å². The molecule has 1 saturated heterocycles. The Kier molecular flexibility index (Phi) is 4.65. The van der Waals surface area contributed by atoms with E-state index in [4.69, 9.17) is 4.74 Å². The van der Waals surface area contributed by atoms with Crippen LogP contribution in [0.5, 0.6) is 0 Å². The number of hydrogen-bond acceptors (Lipinski definition) is 4. The van der Waals surface area contributed by atoms with Crippen molar-refractivity contribution in [2.45, 2.75) is 50.9 Å². The van der Waals surface area contributed by atoms with Crippen LogP contribution in [0.15, 0.2) is 18.3 Å².